The van der Waals surface area contributed by atoms with Crippen molar-refractivity contribution >= 4 is 46.8 Å². The molecule has 2 aromatic rings. The van der Waals surface area contributed by atoms with Crippen LogP contribution < -0.4 is 5.32 Å². The molecule has 0 radical (unpaired) electrons. The predicted octanol–water partition coefficient (Wildman–Crippen LogP) is 6.20. The van der Waals surface area contributed by atoms with E-state index in [0.717, 1.165) is 16.9 Å². The first-order valence-corrected chi connectivity index (χ1v) is 12.3. The van der Waals surface area contributed by atoms with E-state index >= 15 is 0 Å². The fourth-order valence-electron chi connectivity index (χ4n) is 3.11. The van der Waals surface area contributed by atoms with E-state index in [1.807, 2.05) is 57.2 Å². The van der Waals surface area contributed by atoms with Gasteiger partial charge < -0.3 is 10.2 Å². The number of carbonyl (C=O) groups excluding carboxylic acids is 2. The average Bonchev–Trinajstić information content (AvgIpc) is 2.76. The van der Waals surface area contributed by atoms with Crippen LogP contribution in [0.1, 0.15) is 45.6 Å². The Balaban J connectivity index is 2.17. The molecular weight excluding hydrogens is 451 g/mol. The highest BCUT2D eigenvalue weighted by Gasteiger charge is 2.29. The number of hydrogen-bond acceptors (Lipinski definition) is 3. The highest BCUT2D eigenvalue weighted by molar-refractivity contribution is 7.99. The Kier molecular flexibility index (Phi) is 10.7. The first-order chi connectivity index (χ1) is 14.8. The molecule has 0 aliphatic carbocycles. The summed E-state index contributed by atoms with van der Waals surface area (Å²) < 4.78 is 0. The molecule has 31 heavy (non-hydrogen) atoms. The molecule has 0 heterocycles. The summed E-state index contributed by atoms with van der Waals surface area (Å²) in [4.78, 5) is 28.9. The zero-order valence-corrected chi connectivity index (χ0v) is 20.6. The van der Waals surface area contributed by atoms with E-state index in [9.17, 15) is 9.59 Å². The van der Waals surface area contributed by atoms with Gasteiger partial charge in [-0.05, 0) is 49.6 Å². The van der Waals surface area contributed by atoms with Gasteiger partial charge in [0, 0.05) is 29.7 Å². The molecule has 0 aromatic heterocycles. The molecular formula is C24H30Cl2N2O2S. The van der Waals surface area contributed by atoms with Crippen molar-refractivity contribution in [1.29, 1.82) is 0 Å². The van der Waals surface area contributed by atoms with Crippen LogP contribution >= 0.6 is 35.0 Å². The molecule has 2 rings (SSSR count). The Morgan fingerprint density at radius 1 is 1.03 bits per heavy atom. The lowest BCUT2D eigenvalue weighted by atomic mass is 10.1. The van der Waals surface area contributed by atoms with E-state index < -0.39 is 6.04 Å². The third kappa shape index (κ3) is 8.06. The van der Waals surface area contributed by atoms with Gasteiger partial charge in [-0.2, -0.15) is 0 Å². The quantitative estimate of drug-likeness (QED) is 0.389. The Bertz CT molecular complexity index is 864. The molecule has 2 amide bonds. The van der Waals surface area contributed by atoms with Crippen molar-refractivity contribution in [2.45, 2.75) is 63.6 Å². The molecule has 7 heteroatoms. The van der Waals surface area contributed by atoms with Crippen LogP contribution in [0.2, 0.25) is 10.0 Å². The summed E-state index contributed by atoms with van der Waals surface area (Å²) in [5.41, 5.74) is 0.841. The van der Waals surface area contributed by atoms with E-state index in [1.165, 1.54) is 0 Å². The largest absolute Gasteiger partial charge is 0.352 e. The van der Waals surface area contributed by atoms with Gasteiger partial charge in [-0.15, -0.1) is 11.8 Å². The van der Waals surface area contributed by atoms with E-state index in [0.29, 0.717) is 35.2 Å². The van der Waals surface area contributed by atoms with Gasteiger partial charge in [-0.1, -0.05) is 61.3 Å². The molecule has 0 aliphatic heterocycles. The molecule has 2 aromatic carbocycles. The summed E-state index contributed by atoms with van der Waals surface area (Å²) in [5.74, 6) is 0.464. The summed E-state index contributed by atoms with van der Waals surface area (Å²) in [6.07, 6.45) is 1.70. The van der Waals surface area contributed by atoms with E-state index in [2.05, 4.69) is 5.32 Å². The highest BCUT2D eigenvalue weighted by atomic mass is 35.5. The number of carbonyl (C=O) groups is 2. The zero-order chi connectivity index (χ0) is 22.8. The maximum Gasteiger partial charge on any atom is 0.243 e. The first kappa shape index (κ1) is 25.6. The first-order valence-electron chi connectivity index (χ1n) is 10.6. The summed E-state index contributed by atoms with van der Waals surface area (Å²) in [6.45, 7) is 6.21. The van der Waals surface area contributed by atoms with Crippen molar-refractivity contribution in [3.05, 3.63) is 64.1 Å². The lowest BCUT2D eigenvalue weighted by Gasteiger charge is -2.31. The second kappa shape index (κ2) is 13.0. The zero-order valence-electron chi connectivity index (χ0n) is 18.2. The van der Waals surface area contributed by atoms with Crippen molar-refractivity contribution in [3.63, 3.8) is 0 Å². The lowest BCUT2D eigenvalue weighted by Crippen LogP contribution is -2.50. The van der Waals surface area contributed by atoms with Crippen molar-refractivity contribution in [2.75, 3.05) is 5.75 Å². The van der Waals surface area contributed by atoms with Crippen LogP contribution in [0, 0.1) is 0 Å². The van der Waals surface area contributed by atoms with Crippen molar-refractivity contribution in [3.8, 4) is 0 Å². The number of rotatable bonds is 11. The fraction of sp³-hybridized carbons (Fsp3) is 0.417. The fourth-order valence-corrected chi connectivity index (χ4v) is 4.29. The van der Waals surface area contributed by atoms with Crippen LogP contribution in [-0.4, -0.2) is 34.6 Å². The van der Waals surface area contributed by atoms with Crippen molar-refractivity contribution in [2.24, 2.45) is 0 Å². The van der Waals surface area contributed by atoms with Crippen LogP contribution in [0.25, 0.3) is 0 Å². The van der Waals surface area contributed by atoms with Crippen LogP contribution in [0.15, 0.2) is 53.4 Å². The molecule has 0 saturated carbocycles. The maximum atomic E-state index is 13.2. The Morgan fingerprint density at radius 2 is 1.74 bits per heavy atom. The molecule has 1 N–H and O–H groups in total. The summed E-state index contributed by atoms with van der Waals surface area (Å²) in [7, 11) is 0. The standard InChI is InChI=1S/C24H30Cl2N2O2S/c1-4-17(3)27-24(30)22(5-2)28(16-18-11-12-20(25)21(26)15-18)23(29)13-14-31-19-9-7-6-8-10-19/h6-12,15,17,22H,4-5,13-14,16H2,1-3H3,(H,27,30)/t17-,22+/m0/s1. The van der Waals surface area contributed by atoms with Crippen LogP contribution in [0.3, 0.4) is 0 Å². The monoisotopic (exact) mass is 480 g/mol. The van der Waals surface area contributed by atoms with E-state index in [1.54, 1.807) is 28.8 Å². The summed E-state index contributed by atoms with van der Waals surface area (Å²) in [5, 5.41) is 3.91. The van der Waals surface area contributed by atoms with Gasteiger partial charge >= 0.3 is 0 Å². The van der Waals surface area contributed by atoms with Gasteiger partial charge in [-0.25, -0.2) is 0 Å². The minimum Gasteiger partial charge on any atom is -0.352 e. The minimum absolute atomic E-state index is 0.0529. The second-order valence-corrected chi connectivity index (χ2v) is 9.41. The molecule has 2 atom stereocenters. The topological polar surface area (TPSA) is 49.4 Å². The SMILES string of the molecule is CC[C@H](C(=O)N[C@@H](C)CC)N(Cc1ccc(Cl)c(Cl)c1)C(=O)CCSc1ccccc1. The highest BCUT2D eigenvalue weighted by Crippen LogP contribution is 2.25. The molecule has 0 bridgehead atoms. The Labute approximate surface area is 199 Å². The Hall–Kier alpha value is -1.69. The molecule has 0 aliphatic rings. The number of hydrogen-bond donors (Lipinski definition) is 1. The lowest BCUT2D eigenvalue weighted by molar-refractivity contribution is -0.141. The Morgan fingerprint density at radius 3 is 2.35 bits per heavy atom. The van der Waals surface area contributed by atoms with Gasteiger partial charge in [0.2, 0.25) is 11.8 Å². The van der Waals surface area contributed by atoms with E-state index in [4.69, 9.17) is 23.2 Å². The van der Waals surface area contributed by atoms with Crippen LogP contribution in [0.5, 0.6) is 0 Å². The third-order valence-corrected chi connectivity index (χ3v) is 6.80. The molecule has 0 unspecified atom stereocenters. The van der Waals surface area contributed by atoms with Crippen molar-refractivity contribution in [1.82, 2.24) is 10.2 Å². The number of halogens is 2. The molecule has 0 fully saturated rings. The molecule has 4 nitrogen and oxygen atoms in total. The maximum absolute atomic E-state index is 13.2. The van der Waals surface area contributed by atoms with Gasteiger partial charge in [0.05, 0.1) is 10.0 Å². The van der Waals surface area contributed by atoms with Crippen molar-refractivity contribution < 1.29 is 9.59 Å². The van der Waals surface area contributed by atoms with Crippen LogP contribution in [-0.2, 0) is 16.1 Å². The predicted molar refractivity (Wildman–Crippen MR) is 131 cm³/mol. The second-order valence-electron chi connectivity index (χ2n) is 7.42. The number of nitrogens with zero attached hydrogens (tertiary/aromatic N) is 1. The number of nitrogens with one attached hydrogen (secondary N) is 1. The number of amides is 2. The normalized spacial score (nSPS) is 12.8. The molecule has 0 spiro atoms. The average molecular weight is 481 g/mol. The van der Waals surface area contributed by atoms with Crippen LogP contribution in [0.4, 0.5) is 0 Å². The molecule has 168 valence electrons. The van der Waals surface area contributed by atoms with Gasteiger partial charge in [0.15, 0.2) is 0 Å². The van der Waals surface area contributed by atoms with Gasteiger partial charge in [0.25, 0.3) is 0 Å². The third-order valence-electron chi connectivity index (χ3n) is 5.05. The molecule has 0 saturated heterocycles. The van der Waals surface area contributed by atoms with Gasteiger partial charge in [-0.3, -0.25) is 9.59 Å². The summed E-state index contributed by atoms with van der Waals surface area (Å²) in [6, 6.07) is 14.8. The number of benzene rings is 2. The number of thioether (sulfide) groups is 1. The smallest absolute Gasteiger partial charge is 0.243 e. The van der Waals surface area contributed by atoms with E-state index in [-0.39, 0.29) is 17.9 Å². The summed E-state index contributed by atoms with van der Waals surface area (Å²) >= 11 is 13.8. The minimum atomic E-state index is -0.544. The van der Waals surface area contributed by atoms with Gasteiger partial charge in [0.1, 0.15) is 6.04 Å².